The smallest absolute Gasteiger partial charge is 0.131 e. The third-order valence-electron chi connectivity index (χ3n) is 4.99. The lowest BCUT2D eigenvalue weighted by molar-refractivity contribution is 0.189. The predicted molar refractivity (Wildman–Crippen MR) is 114 cm³/mol. The summed E-state index contributed by atoms with van der Waals surface area (Å²) in [6.07, 6.45) is 11.4. The van der Waals surface area contributed by atoms with Gasteiger partial charge in [0.05, 0.1) is 17.8 Å². The van der Waals surface area contributed by atoms with E-state index < -0.39 is 0 Å². The highest BCUT2D eigenvalue weighted by Gasteiger charge is 2.19. The first-order valence-electron chi connectivity index (χ1n) is 9.82. The lowest BCUT2D eigenvalue weighted by atomic mass is 10.2. The second-order valence-electron chi connectivity index (χ2n) is 6.80. The molecule has 1 aliphatic heterocycles. The first-order chi connectivity index (χ1) is 13.2. The number of aliphatic hydroxyl groups is 1. The van der Waals surface area contributed by atoms with E-state index in [9.17, 15) is 0 Å². The molecule has 1 aromatic heterocycles. The second-order valence-corrected chi connectivity index (χ2v) is 6.80. The number of hydrogen-bond donors (Lipinski definition) is 2. The van der Waals surface area contributed by atoms with E-state index in [1.165, 1.54) is 11.3 Å². The highest BCUT2D eigenvalue weighted by atomic mass is 16.3. The maximum absolute atomic E-state index is 9.11. The van der Waals surface area contributed by atoms with E-state index in [2.05, 4.69) is 64.2 Å². The molecule has 3 rings (SSSR count). The molecule has 5 heteroatoms. The number of aromatic amines is 1. The standard InChI is InChI=1S/C22H30N4O/c1-3-7-18(4-2)8-5-11-21-23-19-9-6-10-20(22(19)24-21)26-14-12-25(13-15-26)16-17-27/h3,5-11,27H,4,12-17H2,1-2H3,(H,23,24)/b7-3-,11-5+,18-8-. The Kier molecular flexibility index (Phi) is 6.85. The van der Waals surface area contributed by atoms with Gasteiger partial charge in [0.2, 0.25) is 0 Å². The number of allylic oxidation sites excluding steroid dienone is 5. The molecule has 1 fully saturated rings. The quantitative estimate of drug-likeness (QED) is 0.735. The van der Waals surface area contributed by atoms with Crippen LogP contribution in [0.25, 0.3) is 17.1 Å². The minimum Gasteiger partial charge on any atom is -0.395 e. The van der Waals surface area contributed by atoms with Crippen molar-refractivity contribution in [1.29, 1.82) is 0 Å². The van der Waals surface area contributed by atoms with Gasteiger partial charge in [0.15, 0.2) is 0 Å². The van der Waals surface area contributed by atoms with E-state index in [-0.39, 0.29) is 6.61 Å². The molecule has 1 saturated heterocycles. The molecule has 144 valence electrons. The van der Waals surface area contributed by atoms with Gasteiger partial charge in [0.25, 0.3) is 0 Å². The fourth-order valence-electron chi connectivity index (χ4n) is 3.49. The Bertz CT molecular complexity index is 826. The summed E-state index contributed by atoms with van der Waals surface area (Å²) >= 11 is 0. The van der Waals surface area contributed by atoms with E-state index in [0.29, 0.717) is 0 Å². The summed E-state index contributed by atoms with van der Waals surface area (Å²) in [5, 5.41) is 9.11. The maximum Gasteiger partial charge on any atom is 0.131 e. The zero-order valence-electron chi connectivity index (χ0n) is 16.4. The summed E-state index contributed by atoms with van der Waals surface area (Å²) in [5.41, 5.74) is 4.58. The van der Waals surface area contributed by atoms with Crippen LogP contribution >= 0.6 is 0 Å². The first kappa shape index (κ1) is 19.4. The Morgan fingerprint density at radius 3 is 2.78 bits per heavy atom. The van der Waals surface area contributed by atoms with Crippen molar-refractivity contribution in [1.82, 2.24) is 14.9 Å². The summed E-state index contributed by atoms with van der Waals surface area (Å²) in [6.45, 7) is 9.06. The molecular formula is C22H30N4O. The van der Waals surface area contributed by atoms with Crippen molar-refractivity contribution in [2.24, 2.45) is 0 Å². The van der Waals surface area contributed by atoms with Crippen molar-refractivity contribution >= 4 is 22.8 Å². The number of aromatic nitrogens is 2. The number of piperazine rings is 1. The van der Waals surface area contributed by atoms with Crippen molar-refractivity contribution in [2.45, 2.75) is 20.3 Å². The van der Waals surface area contributed by atoms with Gasteiger partial charge in [0, 0.05) is 32.7 Å². The zero-order chi connectivity index (χ0) is 19.1. The molecule has 27 heavy (non-hydrogen) atoms. The minimum atomic E-state index is 0.229. The van der Waals surface area contributed by atoms with Crippen LogP contribution < -0.4 is 4.90 Å². The molecule has 0 unspecified atom stereocenters. The van der Waals surface area contributed by atoms with E-state index in [0.717, 1.165) is 56.0 Å². The van der Waals surface area contributed by atoms with Gasteiger partial charge in [-0.1, -0.05) is 37.3 Å². The van der Waals surface area contributed by atoms with Crippen LogP contribution in [-0.2, 0) is 0 Å². The van der Waals surface area contributed by atoms with Gasteiger partial charge in [-0.25, -0.2) is 4.98 Å². The third-order valence-corrected chi connectivity index (χ3v) is 4.99. The highest BCUT2D eigenvalue weighted by Crippen LogP contribution is 2.26. The van der Waals surface area contributed by atoms with Crippen LogP contribution in [0.5, 0.6) is 0 Å². The van der Waals surface area contributed by atoms with Crippen LogP contribution in [0.1, 0.15) is 26.1 Å². The fraction of sp³-hybridized carbons (Fsp3) is 0.409. The summed E-state index contributed by atoms with van der Waals surface area (Å²) in [6, 6.07) is 6.32. The number of β-amino-alcohol motifs (C(OH)–C–C–N with tert-alkyl or cyclic N) is 1. The predicted octanol–water partition coefficient (Wildman–Crippen LogP) is 3.60. The highest BCUT2D eigenvalue weighted by molar-refractivity contribution is 5.89. The number of nitrogens with one attached hydrogen (secondary N) is 1. The van der Waals surface area contributed by atoms with E-state index in [1.54, 1.807) is 0 Å². The van der Waals surface area contributed by atoms with Crippen molar-refractivity contribution in [3.8, 4) is 0 Å². The molecule has 0 saturated carbocycles. The number of nitrogens with zero attached hydrogens (tertiary/aromatic N) is 3. The molecular weight excluding hydrogens is 336 g/mol. The van der Waals surface area contributed by atoms with Crippen LogP contribution in [0.15, 0.2) is 48.1 Å². The maximum atomic E-state index is 9.11. The van der Waals surface area contributed by atoms with Crippen molar-refractivity contribution in [3.63, 3.8) is 0 Å². The molecule has 2 aromatic rings. The molecule has 0 amide bonds. The summed E-state index contributed by atoms with van der Waals surface area (Å²) < 4.78 is 0. The number of anilines is 1. The van der Waals surface area contributed by atoms with E-state index >= 15 is 0 Å². The van der Waals surface area contributed by atoms with Gasteiger partial charge in [-0.05, 0) is 37.1 Å². The number of rotatable bonds is 7. The first-order valence-corrected chi connectivity index (χ1v) is 9.82. The summed E-state index contributed by atoms with van der Waals surface area (Å²) in [7, 11) is 0. The van der Waals surface area contributed by atoms with Gasteiger partial charge in [-0.3, -0.25) is 4.90 Å². The van der Waals surface area contributed by atoms with Gasteiger partial charge in [0.1, 0.15) is 11.3 Å². The molecule has 1 aliphatic rings. The molecule has 0 atom stereocenters. The van der Waals surface area contributed by atoms with Gasteiger partial charge >= 0.3 is 0 Å². The van der Waals surface area contributed by atoms with Crippen molar-refractivity contribution < 1.29 is 5.11 Å². The average Bonchev–Trinajstić information content (AvgIpc) is 3.11. The van der Waals surface area contributed by atoms with Crippen LogP contribution in [0.3, 0.4) is 0 Å². The number of hydrogen-bond acceptors (Lipinski definition) is 4. The average molecular weight is 367 g/mol. The topological polar surface area (TPSA) is 55.4 Å². The van der Waals surface area contributed by atoms with Crippen molar-refractivity contribution in [2.75, 3.05) is 44.2 Å². The number of aliphatic hydroxyl groups excluding tert-OH is 1. The lowest BCUT2D eigenvalue weighted by Gasteiger charge is -2.35. The third kappa shape index (κ3) is 4.87. The minimum absolute atomic E-state index is 0.229. The molecule has 0 aliphatic carbocycles. The molecule has 2 heterocycles. The largest absolute Gasteiger partial charge is 0.395 e. The molecule has 2 N–H and O–H groups in total. The molecule has 0 spiro atoms. The van der Waals surface area contributed by atoms with Crippen LogP contribution in [0.2, 0.25) is 0 Å². The lowest BCUT2D eigenvalue weighted by Crippen LogP contribution is -2.47. The van der Waals surface area contributed by atoms with E-state index in [1.807, 2.05) is 13.0 Å². The zero-order valence-corrected chi connectivity index (χ0v) is 16.4. The van der Waals surface area contributed by atoms with Crippen LogP contribution in [-0.4, -0.2) is 59.3 Å². The van der Waals surface area contributed by atoms with Gasteiger partial charge < -0.3 is 15.0 Å². The van der Waals surface area contributed by atoms with Crippen molar-refractivity contribution in [3.05, 3.63) is 53.9 Å². The van der Waals surface area contributed by atoms with Crippen LogP contribution in [0.4, 0.5) is 5.69 Å². The Labute approximate surface area is 161 Å². The molecule has 1 aromatic carbocycles. The number of H-pyrrole nitrogens is 1. The number of benzene rings is 1. The molecule has 0 radical (unpaired) electrons. The Morgan fingerprint density at radius 2 is 2.07 bits per heavy atom. The van der Waals surface area contributed by atoms with Gasteiger partial charge in [-0.15, -0.1) is 0 Å². The number of fused-ring (bicyclic) bond motifs is 1. The Hall–Kier alpha value is -2.37. The summed E-state index contributed by atoms with van der Waals surface area (Å²) in [4.78, 5) is 12.9. The van der Waals surface area contributed by atoms with Crippen LogP contribution in [0, 0.1) is 0 Å². The normalized spacial score (nSPS) is 17.0. The second kappa shape index (κ2) is 9.53. The Morgan fingerprint density at radius 1 is 1.26 bits per heavy atom. The Balaban J connectivity index is 1.77. The monoisotopic (exact) mass is 366 g/mol. The number of para-hydroxylation sites is 1. The number of imidazole rings is 1. The fourth-order valence-corrected chi connectivity index (χ4v) is 3.49. The molecule has 0 bridgehead atoms. The SMILES string of the molecule is C\C=C/C(=C\C=C\c1nc2c(N3CCN(CCO)CC3)cccc2[nH]1)CC. The summed E-state index contributed by atoms with van der Waals surface area (Å²) in [5.74, 6) is 0.878. The van der Waals surface area contributed by atoms with E-state index in [4.69, 9.17) is 10.1 Å². The van der Waals surface area contributed by atoms with Gasteiger partial charge in [-0.2, -0.15) is 0 Å². The molecule has 5 nitrogen and oxygen atoms in total.